The zero-order chi connectivity index (χ0) is 14.3. The van der Waals surface area contributed by atoms with Crippen molar-refractivity contribution in [3.63, 3.8) is 0 Å². The SMILES string of the molecule is CCN(C(=O)CN1Cc2ccc(N)cc2C1=O)C1CC1. The van der Waals surface area contributed by atoms with Gasteiger partial charge in [-0.2, -0.15) is 0 Å². The number of likely N-dealkylation sites (N-methyl/N-ethyl adjacent to an activating group) is 1. The maximum absolute atomic E-state index is 12.3. The van der Waals surface area contributed by atoms with E-state index in [1.807, 2.05) is 17.9 Å². The number of carbonyl (C=O) groups excluding carboxylic acids is 2. The second kappa shape index (κ2) is 4.81. The van der Waals surface area contributed by atoms with Gasteiger partial charge in [0.15, 0.2) is 0 Å². The van der Waals surface area contributed by atoms with Gasteiger partial charge in [0.1, 0.15) is 6.54 Å². The minimum atomic E-state index is -0.0903. The molecule has 5 heteroatoms. The van der Waals surface area contributed by atoms with E-state index >= 15 is 0 Å². The third-order valence-electron chi connectivity index (χ3n) is 3.99. The monoisotopic (exact) mass is 273 g/mol. The largest absolute Gasteiger partial charge is 0.399 e. The molecule has 0 radical (unpaired) electrons. The fourth-order valence-electron chi connectivity index (χ4n) is 2.79. The van der Waals surface area contributed by atoms with E-state index in [4.69, 9.17) is 5.73 Å². The number of hydrogen-bond acceptors (Lipinski definition) is 3. The van der Waals surface area contributed by atoms with E-state index in [0.29, 0.717) is 30.4 Å². The van der Waals surface area contributed by atoms with Crippen LogP contribution in [0.15, 0.2) is 18.2 Å². The van der Waals surface area contributed by atoms with Crippen LogP contribution in [0.25, 0.3) is 0 Å². The average molecular weight is 273 g/mol. The van der Waals surface area contributed by atoms with Crippen LogP contribution >= 0.6 is 0 Å². The Labute approximate surface area is 118 Å². The minimum absolute atomic E-state index is 0.0455. The van der Waals surface area contributed by atoms with Crippen molar-refractivity contribution >= 4 is 17.5 Å². The number of rotatable bonds is 4. The highest BCUT2D eigenvalue weighted by Crippen LogP contribution is 2.28. The first kappa shape index (κ1) is 13.0. The van der Waals surface area contributed by atoms with Crippen LogP contribution in [0.4, 0.5) is 5.69 Å². The molecule has 1 aromatic rings. The van der Waals surface area contributed by atoms with Gasteiger partial charge in [0.2, 0.25) is 5.91 Å². The molecule has 0 unspecified atom stereocenters. The smallest absolute Gasteiger partial charge is 0.255 e. The quantitative estimate of drug-likeness (QED) is 0.839. The van der Waals surface area contributed by atoms with Crippen molar-refractivity contribution in [2.75, 3.05) is 18.8 Å². The van der Waals surface area contributed by atoms with Crippen LogP contribution in [0.3, 0.4) is 0 Å². The summed E-state index contributed by atoms with van der Waals surface area (Å²) in [6.45, 7) is 3.36. The van der Waals surface area contributed by atoms with Crippen molar-refractivity contribution < 1.29 is 9.59 Å². The van der Waals surface area contributed by atoms with Gasteiger partial charge >= 0.3 is 0 Å². The van der Waals surface area contributed by atoms with Gasteiger partial charge in [-0.15, -0.1) is 0 Å². The highest BCUT2D eigenvalue weighted by molar-refractivity contribution is 6.01. The molecule has 0 atom stereocenters. The first-order valence-corrected chi connectivity index (χ1v) is 7.07. The summed E-state index contributed by atoms with van der Waals surface area (Å²) in [6, 6.07) is 5.75. The molecule has 0 aromatic heterocycles. The Morgan fingerprint density at radius 1 is 1.45 bits per heavy atom. The van der Waals surface area contributed by atoms with Crippen LogP contribution < -0.4 is 5.73 Å². The predicted octanol–water partition coefficient (Wildman–Crippen LogP) is 1.24. The molecule has 2 aliphatic rings. The predicted molar refractivity (Wildman–Crippen MR) is 76.0 cm³/mol. The summed E-state index contributed by atoms with van der Waals surface area (Å²) in [7, 11) is 0. The zero-order valence-electron chi connectivity index (χ0n) is 11.6. The van der Waals surface area contributed by atoms with E-state index in [9.17, 15) is 9.59 Å². The molecule has 1 saturated carbocycles. The first-order chi connectivity index (χ1) is 9.60. The van der Waals surface area contributed by atoms with Crippen molar-refractivity contribution in [3.05, 3.63) is 29.3 Å². The lowest BCUT2D eigenvalue weighted by molar-refractivity contribution is -0.132. The summed E-state index contributed by atoms with van der Waals surface area (Å²) in [4.78, 5) is 28.1. The molecule has 0 saturated heterocycles. The highest BCUT2D eigenvalue weighted by Gasteiger charge is 2.34. The normalized spacial score (nSPS) is 17.2. The van der Waals surface area contributed by atoms with Crippen LogP contribution in [0.5, 0.6) is 0 Å². The van der Waals surface area contributed by atoms with Crippen molar-refractivity contribution in [1.29, 1.82) is 0 Å². The third kappa shape index (κ3) is 2.24. The highest BCUT2D eigenvalue weighted by atomic mass is 16.2. The van der Waals surface area contributed by atoms with E-state index in [-0.39, 0.29) is 18.4 Å². The fraction of sp³-hybridized carbons (Fsp3) is 0.467. The second-order valence-electron chi connectivity index (χ2n) is 5.49. The molecule has 2 amide bonds. The van der Waals surface area contributed by atoms with Gasteiger partial charge in [-0.3, -0.25) is 9.59 Å². The summed E-state index contributed by atoms with van der Waals surface area (Å²) in [6.07, 6.45) is 2.18. The van der Waals surface area contributed by atoms with Crippen molar-refractivity contribution in [3.8, 4) is 0 Å². The average Bonchev–Trinajstić information content (AvgIpc) is 3.20. The molecule has 3 rings (SSSR count). The molecule has 1 aliphatic carbocycles. The lowest BCUT2D eigenvalue weighted by Crippen LogP contribution is -2.41. The minimum Gasteiger partial charge on any atom is -0.399 e. The van der Waals surface area contributed by atoms with Crippen LogP contribution in [0, 0.1) is 0 Å². The summed E-state index contributed by atoms with van der Waals surface area (Å²) < 4.78 is 0. The number of benzene rings is 1. The van der Waals surface area contributed by atoms with E-state index in [1.165, 1.54) is 0 Å². The third-order valence-corrected chi connectivity index (χ3v) is 3.99. The second-order valence-corrected chi connectivity index (χ2v) is 5.49. The number of nitrogens with zero attached hydrogens (tertiary/aromatic N) is 2. The standard InChI is InChI=1S/C15H19N3O2/c1-2-18(12-5-6-12)14(19)9-17-8-10-3-4-11(16)7-13(10)15(17)20/h3-4,7,12H,2,5-6,8-9,16H2,1H3. The molecule has 5 nitrogen and oxygen atoms in total. The van der Waals surface area contributed by atoms with Gasteiger partial charge < -0.3 is 15.5 Å². The number of fused-ring (bicyclic) bond motifs is 1. The molecule has 1 heterocycles. The fourth-order valence-corrected chi connectivity index (χ4v) is 2.79. The number of anilines is 1. The molecule has 1 aliphatic heterocycles. The van der Waals surface area contributed by atoms with Gasteiger partial charge in [-0.25, -0.2) is 0 Å². The van der Waals surface area contributed by atoms with E-state index < -0.39 is 0 Å². The van der Waals surface area contributed by atoms with Crippen LogP contribution in [0.2, 0.25) is 0 Å². The molecule has 1 fully saturated rings. The number of carbonyl (C=O) groups is 2. The Balaban J connectivity index is 1.71. The number of nitrogens with two attached hydrogens (primary N) is 1. The van der Waals surface area contributed by atoms with Crippen LogP contribution in [-0.2, 0) is 11.3 Å². The zero-order valence-corrected chi connectivity index (χ0v) is 11.6. The summed E-state index contributed by atoms with van der Waals surface area (Å²) in [5.41, 5.74) is 7.88. The number of amides is 2. The van der Waals surface area contributed by atoms with Crippen molar-refractivity contribution in [1.82, 2.24) is 9.80 Å². The topological polar surface area (TPSA) is 66.6 Å². The summed E-state index contributed by atoms with van der Waals surface area (Å²) in [5.74, 6) is -0.0448. The molecule has 0 spiro atoms. The Kier molecular flexibility index (Phi) is 3.12. The van der Waals surface area contributed by atoms with Gasteiger partial charge in [-0.1, -0.05) is 6.07 Å². The molecule has 2 N–H and O–H groups in total. The lowest BCUT2D eigenvalue weighted by atomic mass is 10.1. The first-order valence-electron chi connectivity index (χ1n) is 7.07. The van der Waals surface area contributed by atoms with Gasteiger partial charge in [-0.05, 0) is 37.5 Å². The van der Waals surface area contributed by atoms with Gasteiger partial charge in [0.05, 0.1) is 0 Å². The Hall–Kier alpha value is -2.04. The Morgan fingerprint density at radius 2 is 2.20 bits per heavy atom. The molecule has 20 heavy (non-hydrogen) atoms. The van der Waals surface area contributed by atoms with Crippen molar-refractivity contribution in [2.45, 2.75) is 32.4 Å². The van der Waals surface area contributed by atoms with E-state index in [0.717, 1.165) is 18.4 Å². The molecular weight excluding hydrogens is 254 g/mol. The molecule has 1 aromatic carbocycles. The molecule has 106 valence electrons. The Morgan fingerprint density at radius 3 is 2.85 bits per heavy atom. The summed E-state index contributed by atoms with van der Waals surface area (Å²) in [5, 5.41) is 0. The van der Waals surface area contributed by atoms with Gasteiger partial charge in [0, 0.05) is 30.4 Å². The van der Waals surface area contributed by atoms with Crippen LogP contribution in [-0.4, -0.2) is 40.7 Å². The van der Waals surface area contributed by atoms with E-state index in [2.05, 4.69) is 0 Å². The van der Waals surface area contributed by atoms with E-state index in [1.54, 1.807) is 17.0 Å². The maximum atomic E-state index is 12.3. The number of nitrogen functional groups attached to an aromatic ring is 1. The Bertz CT molecular complexity index is 566. The number of hydrogen-bond donors (Lipinski definition) is 1. The van der Waals surface area contributed by atoms with Crippen LogP contribution in [0.1, 0.15) is 35.7 Å². The maximum Gasteiger partial charge on any atom is 0.255 e. The van der Waals surface area contributed by atoms with Crippen molar-refractivity contribution in [2.24, 2.45) is 0 Å². The molecule has 0 bridgehead atoms. The van der Waals surface area contributed by atoms with Gasteiger partial charge in [0.25, 0.3) is 5.91 Å². The molecular formula is C15H19N3O2. The lowest BCUT2D eigenvalue weighted by Gasteiger charge is -2.23. The summed E-state index contributed by atoms with van der Waals surface area (Å²) >= 11 is 0.